The van der Waals surface area contributed by atoms with Crippen molar-refractivity contribution in [3.63, 3.8) is 0 Å². The van der Waals surface area contributed by atoms with E-state index in [0.717, 1.165) is 32.7 Å². The van der Waals surface area contributed by atoms with E-state index in [4.69, 9.17) is 4.74 Å². The minimum absolute atomic E-state index is 0.0195. The number of carbonyl (C=O) groups excluding carboxylic acids is 1. The van der Waals surface area contributed by atoms with E-state index < -0.39 is 0 Å². The molecule has 0 aromatic heterocycles. The lowest BCUT2D eigenvalue weighted by Gasteiger charge is -2.17. The molecule has 0 atom stereocenters. The molecule has 0 unspecified atom stereocenters. The number of ether oxygens (including phenoxy) is 1. The van der Waals surface area contributed by atoms with E-state index in [1.54, 1.807) is 7.11 Å². The first-order valence-electron chi connectivity index (χ1n) is 9.09. The van der Waals surface area contributed by atoms with Crippen LogP contribution in [0.15, 0.2) is 84.6 Å². The monoisotopic (exact) mass is 368 g/mol. The van der Waals surface area contributed by atoms with Crippen molar-refractivity contribution in [3.05, 3.63) is 90.2 Å². The molecule has 0 bridgehead atoms. The van der Waals surface area contributed by atoms with Gasteiger partial charge in [0.15, 0.2) is 5.78 Å². The van der Waals surface area contributed by atoms with Gasteiger partial charge in [-0.2, -0.15) is 0 Å². The topological polar surface area (TPSA) is 46.5 Å². The molecule has 0 heterocycles. The van der Waals surface area contributed by atoms with E-state index in [1.807, 2.05) is 72.8 Å². The number of hydrogen-bond donors (Lipinski definition) is 1. The van der Waals surface area contributed by atoms with E-state index in [0.29, 0.717) is 11.3 Å². The fourth-order valence-electron chi connectivity index (χ4n) is 3.69. The molecule has 0 aliphatic carbocycles. The number of aliphatic hydroxyl groups excluding tert-OH is 1. The molecule has 0 amide bonds. The van der Waals surface area contributed by atoms with Gasteiger partial charge in [0.25, 0.3) is 0 Å². The number of ketones is 1. The molecule has 138 valence electrons. The van der Waals surface area contributed by atoms with Crippen molar-refractivity contribution >= 4 is 27.3 Å². The van der Waals surface area contributed by atoms with E-state index in [9.17, 15) is 9.90 Å². The van der Waals surface area contributed by atoms with Gasteiger partial charge in [0.05, 0.1) is 12.9 Å². The van der Waals surface area contributed by atoms with Crippen LogP contribution in [0, 0.1) is 0 Å². The van der Waals surface area contributed by atoms with Gasteiger partial charge in [-0.15, -0.1) is 0 Å². The van der Waals surface area contributed by atoms with E-state index in [1.165, 1.54) is 13.0 Å². The summed E-state index contributed by atoms with van der Waals surface area (Å²) in [6, 6.07) is 23.7. The lowest BCUT2D eigenvalue weighted by atomic mass is 9.88. The maximum atomic E-state index is 13.0. The number of benzene rings is 4. The van der Waals surface area contributed by atoms with Crippen LogP contribution in [0.2, 0.25) is 0 Å². The Hall–Kier alpha value is -3.59. The maximum Gasteiger partial charge on any atom is 0.189 e. The number of methoxy groups -OCH3 is 1. The number of hydrogen-bond acceptors (Lipinski definition) is 3. The molecule has 3 nitrogen and oxygen atoms in total. The van der Waals surface area contributed by atoms with Crippen LogP contribution in [0.1, 0.15) is 17.3 Å². The van der Waals surface area contributed by atoms with Gasteiger partial charge in [0.1, 0.15) is 5.75 Å². The molecule has 0 radical (unpaired) electrons. The van der Waals surface area contributed by atoms with Crippen molar-refractivity contribution < 1.29 is 14.6 Å². The summed E-state index contributed by atoms with van der Waals surface area (Å²) < 4.78 is 5.70. The molecule has 0 saturated heterocycles. The first kappa shape index (κ1) is 17.8. The van der Waals surface area contributed by atoms with Crippen LogP contribution in [-0.4, -0.2) is 18.0 Å². The summed E-state index contributed by atoms with van der Waals surface area (Å²) in [5, 5.41) is 13.7. The summed E-state index contributed by atoms with van der Waals surface area (Å²) in [4.78, 5) is 13.0. The van der Waals surface area contributed by atoms with Gasteiger partial charge in [-0.3, -0.25) is 4.79 Å². The Labute approximate surface area is 163 Å². The molecule has 0 saturated carbocycles. The quantitative estimate of drug-likeness (QED) is 0.261. The number of rotatable bonds is 4. The first-order chi connectivity index (χ1) is 13.6. The first-order valence-corrected chi connectivity index (χ1v) is 9.09. The zero-order valence-corrected chi connectivity index (χ0v) is 15.8. The van der Waals surface area contributed by atoms with Gasteiger partial charge >= 0.3 is 0 Å². The molecule has 3 heteroatoms. The van der Waals surface area contributed by atoms with Gasteiger partial charge in [-0.25, -0.2) is 0 Å². The SMILES string of the molecule is COc1ccc2ccccc2c1-c1c(C(=O)/C=C(/C)O)ccc2ccccc12. The molecule has 4 rings (SSSR count). The highest BCUT2D eigenvalue weighted by Crippen LogP contribution is 2.42. The van der Waals surface area contributed by atoms with Crippen molar-refractivity contribution in [1.29, 1.82) is 0 Å². The second-order valence-corrected chi connectivity index (χ2v) is 6.72. The molecular weight excluding hydrogens is 348 g/mol. The lowest BCUT2D eigenvalue weighted by Crippen LogP contribution is -2.02. The van der Waals surface area contributed by atoms with Gasteiger partial charge in [0, 0.05) is 22.8 Å². The summed E-state index contributed by atoms with van der Waals surface area (Å²) in [6.45, 7) is 1.50. The van der Waals surface area contributed by atoms with E-state index >= 15 is 0 Å². The van der Waals surface area contributed by atoms with Crippen molar-refractivity contribution in [2.45, 2.75) is 6.92 Å². The van der Waals surface area contributed by atoms with Crippen LogP contribution >= 0.6 is 0 Å². The highest BCUT2D eigenvalue weighted by atomic mass is 16.5. The Bertz CT molecular complexity index is 1230. The molecule has 0 aliphatic rings. The van der Waals surface area contributed by atoms with Crippen molar-refractivity contribution in [3.8, 4) is 16.9 Å². The highest BCUT2D eigenvalue weighted by molar-refractivity contribution is 6.18. The Morgan fingerprint density at radius 2 is 1.39 bits per heavy atom. The fourth-order valence-corrected chi connectivity index (χ4v) is 3.69. The Kier molecular flexibility index (Phi) is 4.58. The molecule has 0 aliphatic heterocycles. The number of aliphatic hydroxyl groups is 1. The van der Waals surface area contributed by atoms with Crippen LogP contribution in [-0.2, 0) is 0 Å². The van der Waals surface area contributed by atoms with E-state index in [2.05, 4.69) is 0 Å². The van der Waals surface area contributed by atoms with Crippen molar-refractivity contribution in [1.82, 2.24) is 0 Å². The van der Waals surface area contributed by atoms with Crippen LogP contribution in [0.25, 0.3) is 32.7 Å². The average Bonchev–Trinajstić information content (AvgIpc) is 2.71. The Morgan fingerprint density at radius 1 is 0.821 bits per heavy atom. The fraction of sp³-hybridized carbons (Fsp3) is 0.0800. The average molecular weight is 368 g/mol. The second kappa shape index (κ2) is 7.20. The Morgan fingerprint density at radius 3 is 2.00 bits per heavy atom. The summed E-state index contributed by atoms with van der Waals surface area (Å²) in [5.74, 6) is 0.443. The van der Waals surface area contributed by atoms with Gasteiger partial charge in [-0.1, -0.05) is 60.7 Å². The second-order valence-electron chi connectivity index (χ2n) is 6.72. The van der Waals surface area contributed by atoms with Gasteiger partial charge in [0.2, 0.25) is 0 Å². The maximum absolute atomic E-state index is 13.0. The van der Waals surface area contributed by atoms with Crippen LogP contribution < -0.4 is 4.74 Å². The van der Waals surface area contributed by atoms with Gasteiger partial charge in [-0.05, 0) is 40.6 Å². The number of fused-ring (bicyclic) bond motifs is 2. The van der Waals surface area contributed by atoms with E-state index in [-0.39, 0.29) is 11.5 Å². The van der Waals surface area contributed by atoms with Gasteiger partial charge < -0.3 is 9.84 Å². The summed E-state index contributed by atoms with van der Waals surface area (Å²) >= 11 is 0. The minimum Gasteiger partial charge on any atom is -0.512 e. The molecule has 0 spiro atoms. The third kappa shape index (κ3) is 3.01. The molecular formula is C25H20O3. The van der Waals surface area contributed by atoms with Crippen molar-refractivity contribution in [2.24, 2.45) is 0 Å². The smallest absolute Gasteiger partial charge is 0.189 e. The normalized spacial score (nSPS) is 11.7. The predicted molar refractivity (Wildman–Crippen MR) is 114 cm³/mol. The van der Waals surface area contributed by atoms with Crippen molar-refractivity contribution in [2.75, 3.05) is 7.11 Å². The number of carbonyl (C=O) groups is 1. The largest absolute Gasteiger partial charge is 0.512 e. The lowest BCUT2D eigenvalue weighted by molar-refractivity contribution is 0.104. The van der Waals surface area contributed by atoms with Crippen LogP contribution in [0.3, 0.4) is 0 Å². The number of allylic oxidation sites excluding steroid dienone is 2. The predicted octanol–water partition coefficient (Wildman–Crippen LogP) is 6.31. The Balaban J connectivity index is 2.18. The van der Waals surface area contributed by atoms with Crippen LogP contribution in [0.5, 0.6) is 5.75 Å². The highest BCUT2D eigenvalue weighted by Gasteiger charge is 2.20. The third-order valence-corrected chi connectivity index (χ3v) is 4.90. The third-order valence-electron chi connectivity index (χ3n) is 4.90. The standard InChI is InChI=1S/C25H20O3/c1-16(26)15-22(27)21-13-11-17-7-3-5-9-19(17)24(21)25-20-10-6-4-8-18(20)12-14-23(25)28-2/h3-15,26H,1-2H3/b16-15-. The zero-order valence-electron chi connectivity index (χ0n) is 15.8. The van der Waals surface area contributed by atoms with Crippen LogP contribution in [0.4, 0.5) is 0 Å². The molecule has 28 heavy (non-hydrogen) atoms. The summed E-state index contributed by atoms with van der Waals surface area (Å²) in [7, 11) is 1.64. The molecule has 4 aromatic rings. The minimum atomic E-state index is -0.240. The molecule has 1 N–H and O–H groups in total. The molecule has 4 aromatic carbocycles. The summed E-state index contributed by atoms with van der Waals surface area (Å²) in [5.41, 5.74) is 2.22. The summed E-state index contributed by atoms with van der Waals surface area (Å²) in [6.07, 6.45) is 1.26. The molecule has 0 fully saturated rings. The zero-order chi connectivity index (χ0) is 19.7.